The Hall–Kier alpha value is -2.21. The van der Waals surface area contributed by atoms with Crippen molar-refractivity contribution >= 4 is 11.6 Å². The minimum atomic E-state index is -0.136. The number of nitrogens with two attached hydrogens (primary N) is 1. The van der Waals surface area contributed by atoms with Crippen LogP contribution in [0.2, 0.25) is 0 Å². The summed E-state index contributed by atoms with van der Waals surface area (Å²) in [6.07, 6.45) is 3.44. The summed E-state index contributed by atoms with van der Waals surface area (Å²) in [7, 11) is 0. The molecular weight excluding hydrogens is 266 g/mol. The van der Waals surface area contributed by atoms with Gasteiger partial charge in [0.25, 0.3) is 0 Å². The van der Waals surface area contributed by atoms with E-state index in [1.165, 1.54) is 10.2 Å². The Bertz CT molecular complexity index is 608. The standard InChI is InChI=1S/C15H21N5O/c1-3-11-6-5-7-12(8-11)17-15(21)10-20-9-14(18-19-20)13(16)4-2/h5-9,13H,3-4,10,16H2,1-2H3,(H,17,21). The summed E-state index contributed by atoms with van der Waals surface area (Å²) in [6.45, 7) is 4.19. The van der Waals surface area contributed by atoms with E-state index in [4.69, 9.17) is 5.73 Å². The molecule has 1 unspecified atom stereocenters. The largest absolute Gasteiger partial charge is 0.324 e. The van der Waals surface area contributed by atoms with Crippen LogP contribution in [-0.2, 0) is 17.8 Å². The first-order chi connectivity index (χ1) is 10.1. The maximum absolute atomic E-state index is 12.0. The number of aromatic nitrogens is 3. The van der Waals surface area contributed by atoms with Gasteiger partial charge in [0.15, 0.2) is 0 Å². The predicted octanol–water partition coefficient (Wildman–Crippen LogP) is 1.89. The number of benzene rings is 1. The van der Waals surface area contributed by atoms with Gasteiger partial charge in [0.1, 0.15) is 6.54 Å². The van der Waals surface area contributed by atoms with Crippen molar-refractivity contribution in [2.45, 2.75) is 39.3 Å². The molecule has 0 fully saturated rings. The quantitative estimate of drug-likeness (QED) is 0.849. The van der Waals surface area contributed by atoms with Gasteiger partial charge in [0.2, 0.25) is 5.91 Å². The van der Waals surface area contributed by atoms with Crippen LogP contribution in [0.1, 0.15) is 37.6 Å². The molecule has 1 heterocycles. The topological polar surface area (TPSA) is 85.8 Å². The third kappa shape index (κ3) is 4.13. The highest BCUT2D eigenvalue weighted by Crippen LogP contribution is 2.12. The van der Waals surface area contributed by atoms with E-state index in [2.05, 4.69) is 22.6 Å². The molecule has 0 spiro atoms. The number of hydrogen-bond acceptors (Lipinski definition) is 4. The Morgan fingerprint density at radius 2 is 2.24 bits per heavy atom. The second kappa shape index (κ2) is 6.99. The Labute approximate surface area is 124 Å². The van der Waals surface area contributed by atoms with E-state index in [-0.39, 0.29) is 18.5 Å². The van der Waals surface area contributed by atoms with Crippen molar-refractivity contribution in [2.75, 3.05) is 5.32 Å². The van der Waals surface area contributed by atoms with Gasteiger partial charge in [-0.3, -0.25) is 4.79 Å². The molecule has 3 N–H and O–H groups in total. The van der Waals surface area contributed by atoms with Crippen molar-refractivity contribution in [3.05, 3.63) is 41.7 Å². The first-order valence-electron chi connectivity index (χ1n) is 7.16. The first-order valence-corrected chi connectivity index (χ1v) is 7.16. The zero-order valence-electron chi connectivity index (χ0n) is 12.4. The minimum Gasteiger partial charge on any atom is -0.324 e. The summed E-state index contributed by atoms with van der Waals surface area (Å²) in [4.78, 5) is 12.0. The number of anilines is 1. The summed E-state index contributed by atoms with van der Waals surface area (Å²) >= 11 is 0. The molecule has 0 saturated carbocycles. The maximum atomic E-state index is 12.0. The fourth-order valence-electron chi connectivity index (χ4n) is 1.99. The Balaban J connectivity index is 1.96. The Morgan fingerprint density at radius 3 is 2.95 bits per heavy atom. The number of nitrogens with zero attached hydrogens (tertiary/aromatic N) is 3. The first kappa shape index (κ1) is 15.2. The number of aryl methyl sites for hydroxylation is 1. The Kier molecular flexibility index (Phi) is 5.05. The fourth-order valence-corrected chi connectivity index (χ4v) is 1.99. The molecule has 0 aliphatic rings. The lowest BCUT2D eigenvalue weighted by Crippen LogP contribution is -2.19. The van der Waals surface area contributed by atoms with Gasteiger partial charge in [0, 0.05) is 5.69 Å². The summed E-state index contributed by atoms with van der Waals surface area (Å²) in [5, 5.41) is 10.8. The number of carbonyl (C=O) groups excluding carboxylic acids is 1. The molecule has 6 heteroatoms. The number of hydrogen-bond donors (Lipinski definition) is 2. The number of amides is 1. The average Bonchev–Trinajstić information content (AvgIpc) is 2.94. The minimum absolute atomic E-state index is 0.125. The molecule has 21 heavy (non-hydrogen) atoms. The molecule has 2 aromatic rings. The lowest BCUT2D eigenvalue weighted by atomic mass is 10.1. The van der Waals surface area contributed by atoms with Gasteiger partial charge in [-0.2, -0.15) is 0 Å². The number of nitrogens with one attached hydrogen (secondary N) is 1. The molecule has 0 radical (unpaired) electrons. The zero-order valence-corrected chi connectivity index (χ0v) is 12.4. The molecular formula is C15H21N5O. The fraction of sp³-hybridized carbons (Fsp3) is 0.400. The van der Waals surface area contributed by atoms with Crippen LogP contribution in [0.3, 0.4) is 0 Å². The van der Waals surface area contributed by atoms with E-state index < -0.39 is 0 Å². The normalized spacial score (nSPS) is 12.1. The van der Waals surface area contributed by atoms with Crippen LogP contribution in [0, 0.1) is 0 Å². The highest BCUT2D eigenvalue weighted by Gasteiger charge is 2.10. The summed E-state index contributed by atoms with van der Waals surface area (Å²) in [6, 6.07) is 7.67. The van der Waals surface area contributed by atoms with E-state index in [1.807, 2.05) is 31.2 Å². The molecule has 0 saturated heterocycles. The molecule has 0 bridgehead atoms. The predicted molar refractivity (Wildman–Crippen MR) is 81.7 cm³/mol. The number of rotatable bonds is 6. The molecule has 2 rings (SSSR count). The van der Waals surface area contributed by atoms with Crippen molar-refractivity contribution in [2.24, 2.45) is 5.73 Å². The van der Waals surface area contributed by atoms with Gasteiger partial charge in [0.05, 0.1) is 17.9 Å². The van der Waals surface area contributed by atoms with Crippen LogP contribution >= 0.6 is 0 Å². The molecule has 1 aromatic heterocycles. The summed E-state index contributed by atoms with van der Waals surface area (Å²) in [5.74, 6) is -0.134. The van der Waals surface area contributed by atoms with Gasteiger partial charge < -0.3 is 11.1 Å². The molecule has 0 aliphatic heterocycles. The van der Waals surface area contributed by atoms with Crippen LogP contribution in [-0.4, -0.2) is 20.9 Å². The van der Waals surface area contributed by atoms with Gasteiger partial charge >= 0.3 is 0 Å². The van der Waals surface area contributed by atoms with Crippen molar-refractivity contribution in [1.82, 2.24) is 15.0 Å². The second-order valence-corrected chi connectivity index (χ2v) is 4.96. The number of carbonyl (C=O) groups is 1. The van der Waals surface area contributed by atoms with E-state index >= 15 is 0 Å². The summed E-state index contributed by atoms with van der Waals surface area (Å²) in [5.41, 5.74) is 8.57. The van der Waals surface area contributed by atoms with Crippen molar-refractivity contribution in [3.8, 4) is 0 Å². The van der Waals surface area contributed by atoms with E-state index in [0.717, 1.165) is 18.5 Å². The third-order valence-electron chi connectivity index (χ3n) is 3.30. The third-order valence-corrected chi connectivity index (χ3v) is 3.30. The van der Waals surface area contributed by atoms with Crippen LogP contribution < -0.4 is 11.1 Å². The SMILES string of the molecule is CCc1cccc(NC(=O)Cn2cc(C(N)CC)nn2)c1. The van der Waals surface area contributed by atoms with Crippen LogP contribution in [0.15, 0.2) is 30.5 Å². The average molecular weight is 287 g/mol. The van der Waals surface area contributed by atoms with Crippen molar-refractivity contribution in [1.29, 1.82) is 0 Å². The van der Waals surface area contributed by atoms with E-state index in [0.29, 0.717) is 5.69 Å². The van der Waals surface area contributed by atoms with Crippen molar-refractivity contribution < 1.29 is 4.79 Å². The lowest BCUT2D eigenvalue weighted by Gasteiger charge is -2.06. The Morgan fingerprint density at radius 1 is 1.43 bits per heavy atom. The zero-order chi connectivity index (χ0) is 15.2. The molecule has 1 atom stereocenters. The van der Waals surface area contributed by atoms with Crippen LogP contribution in [0.25, 0.3) is 0 Å². The highest BCUT2D eigenvalue weighted by molar-refractivity contribution is 5.90. The van der Waals surface area contributed by atoms with E-state index in [9.17, 15) is 4.79 Å². The molecule has 0 aliphatic carbocycles. The summed E-state index contributed by atoms with van der Waals surface area (Å²) < 4.78 is 1.50. The van der Waals surface area contributed by atoms with E-state index in [1.54, 1.807) is 6.20 Å². The van der Waals surface area contributed by atoms with Gasteiger partial charge in [-0.05, 0) is 30.5 Å². The van der Waals surface area contributed by atoms with Crippen LogP contribution in [0.4, 0.5) is 5.69 Å². The van der Waals surface area contributed by atoms with Gasteiger partial charge in [-0.25, -0.2) is 4.68 Å². The van der Waals surface area contributed by atoms with Gasteiger partial charge in [-0.15, -0.1) is 5.10 Å². The lowest BCUT2D eigenvalue weighted by molar-refractivity contribution is -0.116. The molecule has 112 valence electrons. The molecule has 6 nitrogen and oxygen atoms in total. The second-order valence-electron chi connectivity index (χ2n) is 4.96. The molecule has 1 aromatic carbocycles. The molecule has 1 amide bonds. The van der Waals surface area contributed by atoms with Gasteiger partial charge in [-0.1, -0.05) is 31.2 Å². The highest BCUT2D eigenvalue weighted by atomic mass is 16.2. The van der Waals surface area contributed by atoms with Crippen LogP contribution in [0.5, 0.6) is 0 Å². The maximum Gasteiger partial charge on any atom is 0.246 e. The monoisotopic (exact) mass is 287 g/mol. The smallest absolute Gasteiger partial charge is 0.246 e. The van der Waals surface area contributed by atoms with Crippen molar-refractivity contribution in [3.63, 3.8) is 0 Å².